The molecular formula is C14H20O5. The summed E-state index contributed by atoms with van der Waals surface area (Å²) < 4.78 is 21.1. The monoisotopic (exact) mass is 268 g/mol. The van der Waals surface area contributed by atoms with Gasteiger partial charge in [0.15, 0.2) is 30.9 Å². The highest BCUT2D eigenvalue weighted by molar-refractivity contribution is 5.94. The maximum atomic E-state index is 11.3. The Morgan fingerprint density at radius 1 is 1.00 bits per heavy atom. The first kappa shape index (κ1) is 15.5. The predicted octanol–water partition coefficient (Wildman–Crippen LogP) is 2.63. The average molecular weight is 268 g/mol. The van der Waals surface area contributed by atoms with Gasteiger partial charge in [-0.15, -0.1) is 0 Å². The Labute approximate surface area is 113 Å². The van der Waals surface area contributed by atoms with Crippen LogP contribution in [-0.2, 0) is 9.47 Å². The van der Waals surface area contributed by atoms with Crippen LogP contribution in [-0.4, -0.2) is 32.6 Å². The van der Waals surface area contributed by atoms with Gasteiger partial charge < -0.3 is 18.9 Å². The van der Waals surface area contributed by atoms with Gasteiger partial charge in [0.1, 0.15) is 0 Å². The molecular weight excluding hydrogens is 248 g/mol. The fourth-order valence-electron chi connectivity index (χ4n) is 1.34. The first-order chi connectivity index (χ1) is 9.19. The van der Waals surface area contributed by atoms with Gasteiger partial charge in [-0.2, -0.15) is 0 Å². The molecule has 5 heteroatoms. The minimum atomic E-state index is -0.0300. The summed E-state index contributed by atoms with van der Waals surface area (Å²) in [5.74, 6) is 0.969. The molecule has 0 bridgehead atoms. The molecule has 1 rings (SSSR count). The number of ketones is 1. The summed E-state index contributed by atoms with van der Waals surface area (Å²) in [6.45, 7) is 6.64. The van der Waals surface area contributed by atoms with Gasteiger partial charge in [0.25, 0.3) is 0 Å². The maximum absolute atomic E-state index is 11.3. The van der Waals surface area contributed by atoms with Crippen LogP contribution in [0.1, 0.15) is 31.1 Å². The van der Waals surface area contributed by atoms with Crippen LogP contribution in [0.5, 0.6) is 11.5 Å². The molecule has 0 atom stereocenters. The van der Waals surface area contributed by atoms with Crippen molar-refractivity contribution in [3.63, 3.8) is 0 Å². The highest BCUT2D eigenvalue weighted by Crippen LogP contribution is 2.28. The van der Waals surface area contributed by atoms with Crippen LogP contribution in [0.3, 0.4) is 0 Å². The zero-order chi connectivity index (χ0) is 14.1. The fraction of sp³-hybridized carbons (Fsp3) is 0.500. The molecule has 0 aliphatic heterocycles. The molecule has 0 aliphatic rings. The Bertz CT molecular complexity index is 403. The Kier molecular flexibility index (Phi) is 6.92. The van der Waals surface area contributed by atoms with E-state index in [4.69, 9.17) is 18.9 Å². The number of benzene rings is 1. The number of carbonyl (C=O) groups is 1. The molecule has 0 saturated carbocycles. The normalized spacial score (nSPS) is 10.3. The lowest BCUT2D eigenvalue weighted by Gasteiger charge is -2.13. The van der Waals surface area contributed by atoms with E-state index in [1.807, 2.05) is 13.8 Å². The van der Waals surface area contributed by atoms with Gasteiger partial charge in [0.05, 0.1) is 0 Å². The molecule has 5 nitrogen and oxygen atoms in total. The van der Waals surface area contributed by atoms with E-state index in [1.165, 1.54) is 6.92 Å². The molecule has 0 N–H and O–H groups in total. The van der Waals surface area contributed by atoms with Crippen LogP contribution >= 0.6 is 0 Å². The topological polar surface area (TPSA) is 54.0 Å². The fourth-order valence-corrected chi connectivity index (χ4v) is 1.34. The average Bonchev–Trinajstić information content (AvgIpc) is 2.40. The zero-order valence-electron chi connectivity index (χ0n) is 11.6. The van der Waals surface area contributed by atoms with E-state index in [0.717, 1.165) is 0 Å². The third-order valence-electron chi connectivity index (χ3n) is 2.35. The van der Waals surface area contributed by atoms with Crippen LogP contribution in [0.15, 0.2) is 18.2 Å². The molecule has 0 spiro atoms. The van der Waals surface area contributed by atoms with E-state index in [2.05, 4.69) is 0 Å². The third kappa shape index (κ3) is 5.28. The molecule has 19 heavy (non-hydrogen) atoms. The Morgan fingerprint density at radius 3 is 2.11 bits per heavy atom. The lowest BCUT2D eigenvalue weighted by atomic mass is 10.1. The van der Waals surface area contributed by atoms with Crippen molar-refractivity contribution in [1.29, 1.82) is 0 Å². The van der Waals surface area contributed by atoms with E-state index in [-0.39, 0.29) is 19.4 Å². The van der Waals surface area contributed by atoms with E-state index in [0.29, 0.717) is 30.3 Å². The molecule has 1 aromatic carbocycles. The largest absolute Gasteiger partial charge is 0.464 e. The van der Waals surface area contributed by atoms with Crippen molar-refractivity contribution in [3.8, 4) is 11.5 Å². The summed E-state index contributed by atoms with van der Waals surface area (Å²) in [5.41, 5.74) is 0.565. The summed E-state index contributed by atoms with van der Waals surface area (Å²) in [6, 6.07) is 5.02. The number of rotatable bonds is 9. The molecule has 1 aromatic rings. The van der Waals surface area contributed by atoms with Crippen LogP contribution in [0.4, 0.5) is 0 Å². The quantitative estimate of drug-likeness (QED) is 0.391. The van der Waals surface area contributed by atoms with E-state index >= 15 is 0 Å². The highest BCUT2D eigenvalue weighted by Gasteiger charge is 2.09. The SMILES string of the molecule is CCOCOc1ccc(C(C)=O)cc1OCOCC. The van der Waals surface area contributed by atoms with Crippen molar-refractivity contribution >= 4 is 5.78 Å². The number of carbonyl (C=O) groups excluding carboxylic acids is 1. The van der Waals surface area contributed by atoms with Crippen LogP contribution < -0.4 is 9.47 Å². The Morgan fingerprint density at radius 2 is 1.58 bits per heavy atom. The van der Waals surface area contributed by atoms with Crippen molar-refractivity contribution in [1.82, 2.24) is 0 Å². The molecule has 0 fully saturated rings. The Hall–Kier alpha value is -1.59. The van der Waals surface area contributed by atoms with Crippen LogP contribution in [0.25, 0.3) is 0 Å². The molecule has 0 unspecified atom stereocenters. The first-order valence-corrected chi connectivity index (χ1v) is 6.25. The lowest BCUT2D eigenvalue weighted by molar-refractivity contribution is 0.00602. The van der Waals surface area contributed by atoms with Gasteiger partial charge in [-0.3, -0.25) is 4.79 Å². The minimum absolute atomic E-state index is 0.0300. The van der Waals surface area contributed by atoms with Gasteiger partial charge >= 0.3 is 0 Å². The van der Waals surface area contributed by atoms with E-state index < -0.39 is 0 Å². The van der Waals surface area contributed by atoms with Crippen molar-refractivity contribution < 1.29 is 23.7 Å². The summed E-state index contributed by atoms with van der Waals surface area (Å²) in [4.78, 5) is 11.3. The molecule has 0 radical (unpaired) electrons. The third-order valence-corrected chi connectivity index (χ3v) is 2.35. The number of hydrogen-bond donors (Lipinski definition) is 0. The maximum Gasteiger partial charge on any atom is 0.189 e. The van der Waals surface area contributed by atoms with Gasteiger partial charge in [-0.05, 0) is 39.0 Å². The summed E-state index contributed by atoms with van der Waals surface area (Å²) in [5, 5.41) is 0. The minimum Gasteiger partial charge on any atom is -0.464 e. The van der Waals surface area contributed by atoms with E-state index in [9.17, 15) is 4.79 Å². The van der Waals surface area contributed by atoms with Crippen molar-refractivity contribution in [2.45, 2.75) is 20.8 Å². The second-order valence-electron chi connectivity index (χ2n) is 3.73. The van der Waals surface area contributed by atoms with Crippen molar-refractivity contribution in [2.24, 2.45) is 0 Å². The van der Waals surface area contributed by atoms with Crippen LogP contribution in [0, 0.1) is 0 Å². The molecule has 106 valence electrons. The van der Waals surface area contributed by atoms with Crippen molar-refractivity contribution in [2.75, 3.05) is 26.8 Å². The number of ether oxygens (including phenoxy) is 4. The van der Waals surface area contributed by atoms with Crippen molar-refractivity contribution in [3.05, 3.63) is 23.8 Å². The number of Topliss-reactive ketones (excluding diaryl/α,β-unsaturated/α-hetero) is 1. The molecule has 0 aliphatic carbocycles. The summed E-state index contributed by atoms with van der Waals surface area (Å²) >= 11 is 0. The standard InChI is InChI=1S/C14H20O5/c1-4-16-9-18-13-7-6-12(11(3)15)8-14(13)19-10-17-5-2/h6-8H,4-5,9-10H2,1-3H3. The lowest BCUT2D eigenvalue weighted by Crippen LogP contribution is -2.07. The van der Waals surface area contributed by atoms with Gasteiger partial charge in [0, 0.05) is 18.8 Å². The summed E-state index contributed by atoms with van der Waals surface area (Å²) in [6.07, 6.45) is 0. The van der Waals surface area contributed by atoms with Gasteiger partial charge in [0.2, 0.25) is 0 Å². The van der Waals surface area contributed by atoms with Crippen LogP contribution in [0.2, 0.25) is 0 Å². The van der Waals surface area contributed by atoms with Gasteiger partial charge in [-0.1, -0.05) is 0 Å². The second kappa shape index (κ2) is 8.50. The highest BCUT2D eigenvalue weighted by atomic mass is 16.7. The smallest absolute Gasteiger partial charge is 0.189 e. The predicted molar refractivity (Wildman–Crippen MR) is 70.7 cm³/mol. The second-order valence-corrected chi connectivity index (χ2v) is 3.73. The molecule has 0 heterocycles. The van der Waals surface area contributed by atoms with E-state index in [1.54, 1.807) is 18.2 Å². The number of hydrogen-bond acceptors (Lipinski definition) is 5. The molecule has 0 amide bonds. The first-order valence-electron chi connectivity index (χ1n) is 6.25. The van der Waals surface area contributed by atoms with Gasteiger partial charge in [-0.25, -0.2) is 0 Å². The molecule has 0 saturated heterocycles. The summed E-state index contributed by atoms with van der Waals surface area (Å²) in [7, 11) is 0. The Balaban J connectivity index is 2.78. The molecule has 0 aromatic heterocycles. The zero-order valence-corrected chi connectivity index (χ0v) is 11.6.